The lowest BCUT2D eigenvalue weighted by Crippen LogP contribution is -2.28. The van der Waals surface area contributed by atoms with Crippen LogP contribution in [-0.2, 0) is 4.74 Å². The number of halogens is 1. The van der Waals surface area contributed by atoms with E-state index < -0.39 is 11.7 Å². The van der Waals surface area contributed by atoms with Crippen LogP contribution in [0.3, 0.4) is 0 Å². The Bertz CT molecular complexity index is 368. The predicted octanol–water partition coefficient (Wildman–Crippen LogP) is 2.28. The highest BCUT2D eigenvalue weighted by atomic mass is 127. The molecule has 0 saturated carbocycles. The Labute approximate surface area is 102 Å². The van der Waals surface area contributed by atoms with E-state index in [0.29, 0.717) is 5.88 Å². The Morgan fingerprint density at radius 2 is 2.13 bits per heavy atom. The lowest BCUT2D eigenvalue weighted by Gasteiger charge is -2.19. The molecule has 0 radical (unpaired) electrons. The van der Waals surface area contributed by atoms with Gasteiger partial charge in [0.15, 0.2) is 0 Å². The molecule has 0 N–H and O–H groups in total. The van der Waals surface area contributed by atoms with Gasteiger partial charge in [0.25, 0.3) is 0 Å². The number of carbonyl (C=O) groups excluding carboxylic acids is 1. The minimum atomic E-state index is -0.542. The van der Waals surface area contributed by atoms with Crippen LogP contribution in [0.25, 0.3) is 0 Å². The highest BCUT2D eigenvalue weighted by molar-refractivity contribution is 14.1. The summed E-state index contributed by atoms with van der Waals surface area (Å²) in [4.78, 5) is 11.6. The van der Waals surface area contributed by atoms with Crippen molar-refractivity contribution in [1.82, 2.24) is 9.78 Å². The largest absolute Gasteiger partial charge is 0.480 e. The van der Waals surface area contributed by atoms with Crippen molar-refractivity contribution in [2.75, 3.05) is 7.11 Å². The van der Waals surface area contributed by atoms with Crippen molar-refractivity contribution in [3.8, 4) is 5.88 Å². The van der Waals surface area contributed by atoms with E-state index in [9.17, 15) is 4.79 Å². The molecular formula is C9H13IN2O3. The van der Waals surface area contributed by atoms with Gasteiger partial charge in [-0.05, 0) is 43.4 Å². The second-order valence-electron chi connectivity index (χ2n) is 3.89. The molecule has 1 aromatic heterocycles. The molecule has 1 heterocycles. The number of aromatic nitrogens is 2. The van der Waals surface area contributed by atoms with E-state index in [-0.39, 0.29) is 0 Å². The second-order valence-corrected chi connectivity index (χ2v) is 5.06. The van der Waals surface area contributed by atoms with Crippen LogP contribution in [0.1, 0.15) is 20.8 Å². The van der Waals surface area contributed by atoms with Gasteiger partial charge in [0.1, 0.15) is 5.60 Å². The molecule has 0 bridgehead atoms. The Morgan fingerprint density at radius 3 is 2.60 bits per heavy atom. The number of hydrogen-bond donors (Lipinski definition) is 0. The first-order valence-electron chi connectivity index (χ1n) is 4.36. The molecule has 1 aromatic rings. The van der Waals surface area contributed by atoms with Crippen LogP contribution >= 0.6 is 22.6 Å². The standard InChI is InChI=1S/C9H13IN2O3/c1-9(2,3)15-8(13)12-7(14-4)6(10)5-11-12/h5H,1-4H3. The van der Waals surface area contributed by atoms with Crippen LogP contribution in [0.15, 0.2) is 6.20 Å². The number of methoxy groups -OCH3 is 1. The summed E-state index contributed by atoms with van der Waals surface area (Å²) >= 11 is 2.04. The second kappa shape index (κ2) is 4.38. The van der Waals surface area contributed by atoms with Crippen LogP contribution in [-0.4, -0.2) is 28.6 Å². The Kier molecular flexibility index (Phi) is 3.58. The number of carbonyl (C=O) groups is 1. The average Bonchev–Trinajstić information content (AvgIpc) is 2.43. The zero-order chi connectivity index (χ0) is 11.6. The average molecular weight is 324 g/mol. The molecule has 0 fully saturated rings. The lowest BCUT2D eigenvalue weighted by atomic mass is 10.2. The normalized spacial score (nSPS) is 11.3. The number of nitrogens with zero attached hydrogens (tertiary/aromatic N) is 2. The fourth-order valence-electron chi connectivity index (χ4n) is 0.936. The van der Waals surface area contributed by atoms with Crippen molar-refractivity contribution < 1.29 is 14.3 Å². The van der Waals surface area contributed by atoms with Crippen molar-refractivity contribution in [3.05, 3.63) is 9.77 Å². The topological polar surface area (TPSA) is 53.4 Å². The summed E-state index contributed by atoms with van der Waals surface area (Å²) in [6, 6.07) is 0. The first-order chi connectivity index (χ1) is 6.85. The molecule has 6 heteroatoms. The molecule has 5 nitrogen and oxygen atoms in total. The zero-order valence-corrected chi connectivity index (χ0v) is 11.2. The molecule has 0 aliphatic heterocycles. The maximum atomic E-state index is 11.6. The highest BCUT2D eigenvalue weighted by Crippen LogP contribution is 2.20. The molecule has 0 atom stereocenters. The van der Waals surface area contributed by atoms with Crippen LogP contribution in [0.2, 0.25) is 0 Å². The van der Waals surface area contributed by atoms with Gasteiger partial charge in [0.2, 0.25) is 5.88 Å². The van der Waals surface area contributed by atoms with Gasteiger partial charge < -0.3 is 9.47 Å². The van der Waals surface area contributed by atoms with Crippen molar-refractivity contribution >= 4 is 28.7 Å². The summed E-state index contributed by atoms with van der Waals surface area (Å²) in [6.45, 7) is 5.39. The van der Waals surface area contributed by atoms with Crippen LogP contribution in [0, 0.1) is 3.57 Å². The minimum Gasteiger partial charge on any atom is -0.480 e. The van der Waals surface area contributed by atoms with Gasteiger partial charge >= 0.3 is 6.09 Å². The SMILES string of the molecule is COc1c(I)cnn1C(=O)OC(C)(C)C. The maximum absolute atomic E-state index is 11.6. The van der Waals surface area contributed by atoms with E-state index in [1.54, 1.807) is 27.0 Å². The van der Waals surface area contributed by atoms with Gasteiger partial charge in [-0.15, -0.1) is 4.68 Å². The number of ether oxygens (including phenoxy) is 2. The Morgan fingerprint density at radius 1 is 1.53 bits per heavy atom. The Hall–Kier alpha value is -0.790. The van der Waals surface area contributed by atoms with Gasteiger partial charge in [-0.25, -0.2) is 4.79 Å². The molecular weight excluding hydrogens is 311 g/mol. The fraction of sp³-hybridized carbons (Fsp3) is 0.556. The fourth-order valence-corrected chi connectivity index (χ4v) is 1.51. The smallest absolute Gasteiger partial charge is 0.438 e. The van der Waals surface area contributed by atoms with Crippen LogP contribution in [0.5, 0.6) is 5.88 Å². The molecule has 0 unspecified atom stereocenters. The maximum Gasteiger partial charge on any atom is 0.438 e. The van der Waals surface area contributed by atoms with E-state index in [1.165, 1.54) is 7.11 Å². The van der Waals surface area contributed by atoms with E-state index in [4.69, 9.17) is 9.47 Å². The van der Waals surface area contributed by atoms with Crippen molar-refractivity contribution in [3.63, 3.8) is 0 Å². The third kappa shape index (κ3) is 3.08. The predicted molar refractivity (Wildman–Crippen MR) is 63.1 cm³/mol. The van der Waals surface area contributed by atoms with Gasteiger partial charge in [0, 0.05) is 0 Å². The van der Waals surface area contributed by atoms with Gasteiger partial charge in [-0.2, -0.15) is 5.10 Å². The molecule has 0 saturated heterocycles. The number of hydrogen-bond acceptors (Lipinski definition) is 4. The first kappa shape index (κ1) is 12.3. The van der Waals surface area contributed by atoms with Gasteiger partial charge in [-0.3, -0.25) is 0 Å². The van der Waals surface area contributed by atoms with E-state index >= 15 is 0 Å². The monoisotopic (exact) mass is 324 g/mol. The molecule has 1 rings (SSSR count). The van der Waals surface area contributed by atoms with Crippen molar-refractivity contribution in [2.45, 2.75) is 26.4 Å². The Balaban J connectivity index is 2.92. The number of rotatable bonds is 1. The molecule has 0 spiro atoms. The third-order valence-electron chi connectivity index (χ3n) is 1.44. The summed E-state index contributed by atoms with van der Waals surface area (Å²) in [7, 11) is 1.49. The van der Waals surface area contributed by atoms with Crippen LogP contribution in [0.4, 0.5) is 4.79 Å². The van der Waals surface area contributed by atoms with E-state index in [2.05, 4.69) is 5.10 Å². The molecule has 0 aromatic carbocycles. The highest BCUT2D eigenvalue weighted by Gasteiger charge is 2.22. The summed E-state index contributed by atoms with van der Waals surface area (Å²) < 4.78 is 12.1. The minimum absolute atomic E-state index is 0.393. The van der Waals surface area contributed by atoms with Crippen LogP contribution < -0.4 is 4.74 Å². The lowest BCUT2D eigenvalue weighted by molar-refractivity contribution is 0.0500. The third-order valence-corrected chi connectivity index (χ3v) is 2.18. The summed E-state index contributed by atoms with van der Waals surface area (Å²) in [6.07, 6.45) is 1.01. The molecule has 84 valence electrons. The van der Waals surface area contributed by atoms with E-state index in [1.807, 2.05) is 22.6 Å². The van der Waals surface area contributed by atoms with Gasteiger partial charge in [0.05, 0.1) is 16.9 Å². The van der Waals surface area contributed by atoms with Crippen molar-refractivity contribution in [2.24, 2.45) is 0 Å². The zero-order valence-electron chi connectivity index (χ0n) is 9.07. The summed E-state index contributed by atoms with van der Waals surface area (Å²) in [5, 5.41) is 3.88. The van der Waals surface area contributed by atoms with Gasteiger partial charge in [-0.1, -0.05) is 0 Å². The molecule has 0 aliphatic carbocycles. The van der Waals surface area contributed by atoms with Crippen molar-refractivity contribution in [1.29, 1.82) is 0 Å². The quantitative estimate of drug-likeness (QED) is 0.744. The van der Waals surface area contributed by atoms with E-state index in [0.717, 1.165) is 8.25 Å². The summed E-state index contributed by atoms with van der Waals surface area (Å²) in [5.74, 6) is 0.393. The first-order valence-corrected chi connectivity index (χ1v) is 5.44. The summed E-state index contributed by atoms with van der Waals surface area (Å²) in [5.41, 5.74) is -0.542. The molecule has 0 aliphatic rings. The molecule has 0 amide bonds. The molecule has 15 heavy (non-hydrogen) atoms.